The highest BCUT2D eigenvalue weighted by molar-refractivity contribution is 5.76. The van der Waals surface area contributed by atoms with Gasteiger partial charge in [0.2, 0.25) is 5.91 Å². The van der Waals surface area contributed by atoms with E-state index < -0.39 is 0 Å². The Morgan fingerprint density at radius 3 is 2.87 bits per heavy atom. The molecule has 0 aromatic carbocycles. The number of aromatic amines is 1. The number of hydrogen-bond acceptors (Lipinski definition) is 4. The molecule has 0 aliphatic carbocycles. The molecule has 0 radical (unpaired) electrons. The van der Waals surface area contributed by atoms with Gasteiger partial charge in [-0.1, -0.05) is 0 Å². The molecular weight excluding hydrogens is 292 g/mol. The molecule has 0 bridgehead atoms. The summed E-state index contributed by atoms with van der Waals surface area (Å²) in [7, 11) is 1.79. The molecule has 1 amide bonds. The van der Waals surface area contributed by atoms with Gasteiger partial charge < -0.3 is 9.64 Å². The molecule has 0 saturated carbocycles. The van der Waals surface area contributed by atoms with E-state index in [1.807, 2.05) is 11.0 Å². The van der Waals surface area contributed by atoms with Crippen molar-refractivity contribution in [1.29, 1.82) is 0 Å². The maximum atomic E-state index is 12.4. The lowest BCUT2D eigenvalue weighted by Gasteiger charge is -2.40. The molecule has 2 fully saturated rings. The first-order valence-electron chi connectivity index (χ1n) is 8.81. The van der Waals surface area contributed by atoms with Gasteiger partial charge in [0.25, 0.3) is 0 Å². The van der Waals surface area contributed by atoms with Crippen LogP contribution in [0.2, 0.25) is 0 Å². The van der Waals surface area contributed by atoms with Crippen molar-refractivity contribution in [3.8, 4) is 0 Å². The summed E-state index contributed by atoms with van der Waals surface area (Å²) in [6, 6.07) is 2.33. The molecule has 0 unspecified atom stereocenters. The Labute approximate surface area is 138 Å². The number of carbonyl (C=O) groups is 1. The zero-order valence-corrected chi connectivity index (χ0v) is 14.0. The highest BCUT2D eigenvalue weighted by atomic mass is 16.5. The number of aromatic nitrogens is 2. The minimum Gasteiger partial charge on any atom is -0.380 e. The quantitative estimate of drug-likeness (QED) is 0.868. The topological polar surface area (TPSA) is 61.5 Å². The summed E-state index contributed by atoms with van der Waals surface area (Å²) in [4.78, 5) is 16.8. The third-order valence-electron chi connectivity index (χ3n) is 5.18. The van der Waals surface area contributed by atoms with Crippen LogP contribution in [0.1, 0.15) is 44.2 Å². The Hall–Kier alpha value is -1.40. The van der Waals surface area contributed by atoms with Gasteiger partial charge in [0.15, 0.2) is 0 Å². The summed E-state index contributed by atoms with van der Waals surface area (Å²) < 4.78 is 5.72. The first kappa shape index (κ1) is 16.5. The van der Waals surface area contributed by atoms with Crippen molar-refractivity contribution in [3.05, 3.63) is 18.0 Å². The molecule has 3 rings (SSSR count). The number of carbonyl (C=O) groups excluding carboxylic acids is 1. The molecule has 1 aromatic heterocycles. The number of nitrogens with zero attached hydrogens (tertiary/aromatic N) is 3. The molecule has 2 aliphatic rings. The van der Waals surface area contributed by atoms with Crippen molar-refractivity contribution >= 4 is 5.91 Å². The molecule has 1 aromatic rings. The normalized spacial score (nSPS) is 25.9. The van der Waals surface area contributed by atoms with Gasteiger partial charge in [0, 0.05) is 51.1 Å². The summed E-state index contributed by atoms with van der Waals surface area (Å²) in [5.41, 5.74) is 1.12. The van der Waals surface area contributed by atoms with E-state index in [1.165, 1.54) is 0 Å². The van der Waals surface area contributed by atoms with Crippen LogP contribution in [0.4, 0.5) is 0 Å². The number of nitrogens with one attached hydrogen (secondary N) is 1. The molecule has 128 valence electrons. The maximum Gasteiger partial charge on any atom is 0.222 e. The summed E-state index contributed by atoms with van der Waals surface area (Å²) in [5, 5.41) is 7.07. The van der Waals surface area contributed by atoms with Gasteiger partial charge >= 0.3 is 0 Å². The lowest BCUT2D eigenvalue weighted by Crippen LogP contribution is -2.49. The zero-order chi connectivity index (χ0) is 16.1. The monoisotopic (exact) mass is 320 g/mol. The Balaban J connectivity index is 1.59. The van der Waals surface area contributed by atoms with Gasteiger partial charge in [-0.05, 0) is 44.7 Å². The summed E-state index contributed by atoms with van der Waals surface area (Å²) >= 11 is 0. The van der Waals surface area contributed by atoms with Gasteiger partial charge in [-0.25, -0.2) is 0 Å². The summed E-state index contributed by atoms with van der Waals surface area (Å²) in [5.74, 6) is 0.310. The van der Waals surface area contributed by atoms with Crippen molar-refractivity contribution in [1.82, 2.24) is 20.0 Å². The van der Waals surface area contributed by atoms with Crippen molar-refractivity contribution in [2.45, 2.75) is 57.2 Å². The maximum absolute atomic E-state index is 12.4. The van der Waals surface area contributed by atoms with Gasteiger partial charge in [-0.15, -0.1) is 0 Å². The summed E-state index contributed by atoms with van der Waals surface area (Å²) in [6.07, 6.45) is 8.05. The predicted molar refractivity (Wildman–Crippen MR) is 87.9 cm³/mol. The van der Waals surface area contributed by atoms with Gasteiger partial charge in [-0.3, -0.25) is 14.8 Å². The first-order chi connectivity index (χ1) is 11.3. The van der Waals surface area contributed by atoms with Gasteiger partial charge in [-0.2, -0.15) is 5.10 Å². The van der Waals surface area contributed by atoms with E-state index in [-0.39, 0.29) is 6.10 Å². The molecule has 6 heteroatoms. The number of ether oxygens (including phenoxy) is 1. The molecule has 0 spiro atoms. The van der Waals surface area contributed by atoms with Crippen LogP contribution in [0, 0.1) is 0 Å². The largest absolute Gasteiger partial charge is 0.380 e. The number of methoxy groups -OCH3 is 1. The minimum absolute atomic E-state index is 0.220. The minimum atomic E-state index is 0.220. The molecule has 2 atom stereocenters. The smallest absolute Gasteiger partial charge is 0.222 e. The van der Waals surface area contributed by atoms with E-state index in [9.17, 15) is 4.79 Å². The zero-order valence-electron chi connectivity index (χ0n) is 14.0. The third kappa shape index (κ3) is 4.12. The Kier molecular flexibility index (Phi) is 5.67. The standard InChI is InChI=1S/C17H28N4O2/c1-23-16-5-4-12-21(13-14-8-9-18-19-14)15(16)6-7-17(22)20-10-2-3-11-20/h8-9,15-16H,2-7,10-13H2,1H3,(H,18,19)/t15-,16-/m0/s1. The van der Waals surface area contributed by atoms with E-state index >= 15 is 0 Å². The first-order valence-corrected chi connectivity index (χ1v) is 8.81. The second kappa shape index (κ2) is 7.93. The lowest BCUT2D eigenvalue weighted by molar-refractivity contribution is -0.131. The number of hydrogen-bond donors (Lipinski definition) is 1. The van der Waals surface area contributed by atoms with Gasteiger partial charge in [0.05, 0.1) is 6.10 Å². The average molecular weight is 320 g/mol. The van der Waals surface area contributed by atoms with Crippen molar-refractivity contribution < 1.29 is 9.53 Å². The number of piperidine rings is 1. The fraction of sp³-hybridized carbons (Fsp3) is 0.765. The van der Waals surface area contributed by atoms with Crippen LogP contribution in [0.3, 0.4) is 0 Å². The fourth-order valence-electron chi connectivity index (χ4n) is 3.92. The Morgan fingerprint density at radius 1 is 1.35 bits per heavy atom. The van der Waals surface area contributed by atoms with E-state index in [2.05, 4.69) is 15.1 Å². The van der Waals surface area contributed by atoms with Crippen LogP contribution in [0.25, 0.3) is 0 Å². The number of likely N-dealkylation sites (tertiary alicyclic amines) is 2. The van der Waals surface area contributed by atoms with Crippen LogP contribution >= 0.6 is 0 Å². The molecular formula is C17H28N4O2. The Bertz CT molecular complexity index is 485. The molecule has 23 heavy (non-hydrogen) atoms. The second-order valence-corrected chi connectivity index (χ2v) is 6.66. The van der Waals surface area contributed by atoms with E-state index in [0.717, 1.165) is 64.0 Å². The average Bonchev–Trinajstić information content (AvgIpc) is 3.26. The van der Waals surface area contributed by atoms with Crippen LogP contribution < -0.4 is 0 Å². The molecule has 2 aliphatic heterocycles. The molecule has 3 heterocycles. The van der Waals surface area contributed by atoms with Crippen LogP contribution in [-0.4, -0.2) is 64.8 Å². The van der Waals surface area contributed by atoms with Crippen molar-refractivity contribution in [3.63, 3.8) is 0 Å². The van der Waals surface area contributed by atoms with E-state index in [0.29, 0.717) is 18.4 Å². The van der Waals surface area contributed by atoms with Crippen molar-refractivity contribution in [2.75, 3.05) is 26.7 Å². The third-order valence-corrected chi connectivity index (χ3v) is 5.18. The Morgan fingerprint density at radius 2 is 2.17 bits per heavy atom. The number of H-pyrrole nitrogens is 1. The van der Waals surface area contributed by atoms with E-state index in [1.54, 1.807) is 13.3 Å². The number of amides is 1. The molecule has 6 nitrogen and oxygen atoms in total. The highest BCUT2D eigenvalue weighted by Crippen LogP contribution is 2.25. The lowest BCUT2D eigenvalue weighted by atomic mass is 9.94. The summed E-state index contributed by atoms with van der Waals surface area (Å²) in [6.45, 7) is 3.79. The van der Waals surface area contributed by atoms with Crippen LogP contribution in [-0.2, 0) is 16.1 Å². The highest BCUT2D eigenvalue weighted by Gasteiger charge is 2.32. The van der Waals surface area contributed by atoms with Crippen molar-refractivity contribution in [2.24, 2.45) is 0 Å². The molecule has 2 saturated heterocycles. The van der Waals surface area contributed by atoms with Gasteiger partial charge in [0.1, 0.15) is 0 Å². The fourth-order valence-corrected chi connectivity index (χ4v) is 3.92. The predicted octanol–water partition coefficient (Wildman–Crippen LogP) is 1.79. The second-order valence-electron chi connectivity index (χ2n) is 6.66. The van der Waals surface area contributed by atoms with Crippen LogP contribution in [0.15, 0.2) is 12.3 Å². The number of rotatable bonds is 6. The molecule has 1 N–H and O–H groups in total. The van der Waals surface area contributed by atoms with Crippen LogP contribution in [0.5, 0.6) is 0 Å². The SMILES string of the molecule is CO[C@H]1CCCN(Cc2ccn[nH]2)[C@H]1CCC(=O)N1CCCC1. The van der Waals surface area contributed by atoms with E-state index in [4.69, 9.17) is 4.74 Å².